The number of rotatable bonds is 3. The number of hydrogen-bond acceptors (Lipinski definition) is 4. The summed E-state index contributed by atoms with van der Waals surface area (Å²) < 4.78 is 5.04. The van der Waals surface area contributed by atoms with Crippen LogP contribution in [0.3, 0.4) is 0 Å². The minimum atomic E-state index is -2.01. The molecule has 0 spiro atoms. The van der Waals surface area contributed by atoms with Crippen molar-refractivity contribution in [2.75, 3.05) is 7.11 Å². The first-order valence-electron chi connectivity index (χ1n) is 6.09. The van der Waals surface area contributed by atoms with Crippen molar-refractivity contribution >= 4 is 11.8 Å². The monoisotopic (exact) mass is 264 g/mol. The van der Waals surface area contributed by atoms with E-state index >= 15 is 0 Å². The van der Waals surface area contributed by atoms with Gasteiger partial charge in [-0.05, 0) is 24.1 Å². The van der Waals surface area contributed by atoms with E-state index in [1.54, 1.807) is 31.4 Å². The van der Waals surface area contributed by atoms with Crippen LogP contribution in [0.15, 0.2) is 24.3 Å². The highest BCUT2D eigenvalue weighted by atomic mass is 16.5. The predicted octanol–water partition coefficient (Wildman–Crippen LogP) is 1.35. The fraction of sp³-hybridized carbons (Fsp3) is 0.429. The third-order valence-electron chi connectivity index (χ3n) is 3.64. The summed E-state index contributed by atoms with van der Waals surface area (Å²) in [4.78, 5) is 22.7. The highest BCUT2D eigenvalue weighted by molar-refractivity contribution is 5.90. The lowest BCUT2D eigenvalue weighted by molar-refractivity contribution is -0.167. The van der Waals surface area contributed by atoms with E-state index in [1.807, 2.05) is 0 Å². The van der Waals surface area contributed by atoms with Gasteiger partial charge in [-0.15, -0.1) is 0 Å². The summed E-state index contributed by atoms with van der Waals surface area (Å²) in [5.41, 5.74) is -1.30. The first-order chi connectivity index (χ1) is 8.97. The standard InChI is InChI=1S/C14H16O5/c1-19-11-5-2-9(3-6-11)12-7-4-10(15)8-14(12,18)13(16)17/h2-3,5-6,12,18H,4,7-8H2,1H3,(H,16,17)/t12-,14+/m1/s1. The molecular formula is C14H16O5. The van der Waals surface area contributed by atoms with Crippen molar-refractivity contribution in [2.45, 2.75) is 30.8 Å². The molecule has 1 saturated carbocycles. The quantitative estimate of drug-likeness (QED) is 0.860. The van der Waals surface area contributed by atoms with Gasteiger partial charge in [-0.1, -0.05) is 12.1 Å². The molecule has 0 saturated heterocycles. The zero-order valence-corrected chi connectivity index (χ0v) is 10.6. The van der Waals surface area contributed by atoms with Gasteiger partial charge in [0.25, 0.3) is 0 Å². The van der Waals surface area contributed by atoms with E-state index in [9.17, 15) is 19.8 Å². The van der Waals surface area contributed by atoms with Crippen molar-refractivity contribution in [1.82, 2.24) is 0 Å². The third-order valence-corrected chi connectivity index (χ3v) is 3.64. The Bertz CT molecular complexity index is 493. The average Bonchev–Trinajstić information content (AvgIpc) is 2.39. The number of ketones is 1. The lowest BCUT2D eigenvalue weighted by atomic mass is 9.71. The number of carboxylic acids is 1. The Balaban J connectivity index is 2.34. The highest BCUT2D eigenvalue weighted by Crippen LogP contribution is 2.40. The third kappa shape index (κ3) is 2.46. The molecule has 1 aliphatic rings. The van der Waals surface area contributed by atoms with E-state index in [-0.39, 0.29) is 12.2 Å². The van der Waals surface area contributed by atoms with Crippen molar-refractivity contribution < 1.29 is 24.5 Å². The van der Waals surface area contributed by atoms with Gasteiger partial charge in [0, 0.05) is 18.8 Å². The number of ether oxygens (including phenoxy) is 1. The SMILES string of the molecule is COc1ccc([C@H]2CCC(=O)C[C@@]2(O)C(=O)O)cc1. The van der Waals surface area contributed by atoms with Crippen LogP contribution >= 0.6 is 0 Å². The van der Waals surface area contributed by atoms with Crippen molar-refractivity contribution in [3.05, 3.63) is 29.8 Å². The van der Waals surface area contributed by atoms with Crippen molar-refractivity contribution in [1.29, 1.82) is 0 Å². The minimum Gasteiger partial charge on any atom is -0.497 e. The molecule has 1 fully saturated rings. The first kappa shape index (κ1) is 13.5. The summed E-state index contributed by atoms with van der Waals surface area (Å²) in [7, 11) is 1.54. The van der Waals surface area contributed by atoms with E-state index in [1.165, 1.54) is 0 Å². The molecule has 2 rings (SSSR count). The van der Waals surface area contributed by atoms with Crippen LogP contribution in [-0.4, -0.2) is 34.7 Å². The average molecular weight is 264 g/mol. The topological polar surface area (TPSA) is 83.8 Å². The van der Waals surface area contributed by atoms with Crippen molar-refractivity contribution in [2.24, 2.45) is 0 Å². The molecule has 19 heavy (non-hydrogen) atoms. The Hall–Kier alpha value is -1.88. The Morgan fingerprint density at radius 2 is 2.00 bits per heavy atom. The van der Waals surface area contributed by atoms with Crippen LogP contribution in [0.25, 0.3) is 0 Å². The van der Waals surface area contributed by atoms with Gasteiger partial charge in [0.15, 0.2) is 5.60 Å². The summed E-state index contributed by atoms with van der Waals surface area (Å²) in [6, 6.07) is 6.89. The number of aliphatic carboxylic acids is 1. The fourth-order valence-corrected chi connectivity index (χ4v) is 2.56. The minimum absolute atomic E-state index is 0.213. The number of carbonyl (C=O) groups is 2. The summed E-state index contributed by atoms with van der Waals surface area (Å²) in [6.07, 6.45) is 0.305. The van der Waals surface area contributed by atoms with Crippen LogP contribution in [0.4, 0.5) is 0 Å². The normalized spacial score (nSPS) is 27.1. The van der Waals surface area contributed by atoms with Gasteiger partial charge < -0.3 is 14.9 Å². The fourth-order valence-electron chi connectivity index (χ4n) is 2.56. The molecular weight excluding hydrogens is 248 g/mol. The zero-order chi connectivity index (χ0) is 14.0. The first-order valence-corrected chi connectivity index (χ1v) is 6.09. The maximum absolute atomic E-state index is 11.4. The second-order valence-corrected chi connectivity index (χ2v) is 4.81. The molecule has 0 radical (unpaired) electrons. The van der Waals surface area contributed by atoms with Gasteiger partial charge in [-0.2, -0.15) is 0 Å². The molecule has 1 aromatic rings. The maximum atomic E-state index is 11.4. The predicted molar refractivity (Wildman–Crippen MR) is 67.2 cm³/mol. The van der Waals surface area contributed by atoms with Crippen LogP contribution in [0.5, 0.6) is 5.75 Å². The molecule has 5 nitrogen and oxygen atoms in total. The van der Waals surface area contributed by atoms with Crippen molar-refractivity contribution in [3.63, 3.8) is 0 Å². The number of carboxylic acid groups (broad SMARTS) is 1. The van der Waals surface area contributed by atoms with Gasteiger partial charge >= 0.3 is 5.97 Å². The zero-order valence-electron chi connectivity index (χ0n) is 10.6. The number of hydrogen-bond donors (Lipinski definition) is 2. The Labute approximate surface area is 110 Å². The molecule has 0 aliphatic heterocycles. The molecule has 102 valence electrons. The summed E-state index contributed by atoms with van der Waals surface area (Å²) in [6.45, 7) is 0. The molecule has 1 aliphatic carbocycles. The van der Waals surface area contributed by atoms with Crippen LogP contribution < -0.4 is 4.74 Å². The molecule has 5 heteroatoms. The molecule has 2 atom stereocenters. The van der Waals surface area contributed by atoms with Crippen molar-refractivity contribution in [3.8, 4) is 5.75 Å². The van der Waals surface area contributed by atoms with Crippen LogP contribution in [0.2, 0.25) is 0 Å². The number of benzene rings is 1. The Morgan fingerprint density at radius 3 is 2.53 bits per heavy atom. The molecule has 0 amide bonds. The lowest BCUT2D eigenvalue weighted by Crippen LogP contribution is -2.49. The molecule has 0 bridgehead atoms. The summed E-state index contributed by atoms with van der Waals surface area (Å²) in [5, 5.41) is 19.5. The molecule has 2 N–H and O–H groups in total. The Kier molecular flexibility index (Phi) is 3.57. The number of carbonyl (C=O) groups excluding carboxylic acids is 1. The van der Waals surface area contributed by atoms with Crippen LogP contribution in [0.1, 0.15) is 30.7 Å². The number of aliphatic hydroxyl groups is 1. The summed E-state index contributed by atoms with van der Waals surface area (Å²) >= 11 is 0. The second-order valence-electron chi connectivity index (χ2n) is 4.81. The lowest BCUT2D eigenvalue weighted by Gasteiger charge is -2.36. The number of methoxy groups -OCH3 is 1. The molecule has 0 unspecified atom stereocenters. The van der Waals surface area contributed by atoms with Crippen LogP contribution in [-0.2, 0) is 9.59 Å². The van der Waals surface area contributed by atoms with Gasteiger partial charge in [-0.25, -0.2) is 4.79 Å². The largest absolute Gasteiger partial charge is 0.497 e. The second kappa shape index (κ2) is 5.01. The van der Waals surface area contributed by atoms with E-state index < -0.39 is 17.5 Å². The maximum Gasteiger partial charge on any atom is 0.336 e. The van der Waals surface area contributed by atoms with E-state index in [2.05, 4.69) is 0 Å². The molecule has 0 heterocycles. The smallest absolute Gasteiger partial charge is 0.336 e. The number of Topliss-reactive ketones (excluding diaryl/α,β-unsaturated/α-hetero) is 1. The van der Waals surface area contributed by atoms with Gasteiger partial charge in [-0.3, -0.25) is 4.79 Å². The summed E-state index contributed by atoms with van der Waals surface area (Å²) in [5.74, 6) is -1.47. The van der Waals surface area contributed by atoms with Gasteiger partial charge in [0.2, 0.25) is 0 Å². The highest BCUT2D eigenvalue weighted by Gasteiger charge is 2.49. The van der Waals surface area contributed by atoms with Crippen LogP contribution in [0, 0.1) is 0 Å². The van der Waals surface area contributed by atoms with Gasteiger partial charge in [0.05, 0.1) is 7.11 Å². The molecule has 1 aromatic carbocycles. The Morgan fingerprint density at radius 1 is 1.37 bits per heavy atom. The van der Waals surface area contributed by atoms with E-state index in [0.29, 0.717) is 24.2 Å². The van der Waals surface area contributed by atoms with E-state index in [4.69, 9.17) is 4.74 Å². The van der Waals surface area contributed by atoms with Gasteiger partial charge in [0.1, 0.15) is 11.5 Å². The van der Waals surface area contributed by atoms with E-state index in [0.717, 1.165) is 0 Å². The molecule has 0 aromatic heterocycles.